The van der Waals surface area contributed by atoms with Crippen molar-refractivity contribution in [1.29, 1.82) is 0 Å². The van der Waals surface area contributed by atoms with Crippen LogP contribution in [0.3, 0.4) is 0 Å². The van der Waals surface area contributed by atoms with Gasteiger partial charge >= 0.3 is 5.97 Å². The maximum absolute atomic E-state index is 13.0. The molecule has 0 aromatic heterocycles. The molecule has 0 saturated carbocycles. The van der Waals surface area contributed by atoms with Crippen LogP contribution in [0.5, 0.6) is 0 Å². The first kappa shape index (κ1) is 23.5. The van der Waals surface area contributed by atoms with Gasteiger partial charge in [-0.25, -0.2) is 0 Å². The van der Waals surface area contributed by atoms with Gasteiger partial charge in [-0.15, -0.1) is 0 Å². The van der Waals surface area contributed by atoms with Crippen molar-refractivity contribution in [3.63, 3.8) is 0 Å². The van der Waals surface area contributed by atoms with Crippen molar-refractivity contribution in [3.05, 3.63) is 86.0 Å². The fraction of sp³-hybridized carbons (Fsp3) is 0.333. The van der Waals surface area contributed by atoms with Crippen LogP contribution < -0.4 is 0 Å². The number of carboxylic acids is 1. The van der Waals surface area contributed by atoms with Crippen molar-refractivity contribution < 1.29 is 14.7 Å². The smallest absolute Gasteiger partial charge is 0.306 e. The van der Waals surface area contributed by atoms with Crippen molar-refractivity contribution in [1.82, 2.24) is 0 Å². The Labute approximate surface area is 198 Å². The summed E-state index contributed by atoms with van der Waals surface area (Å²) in [6.45, 7) is 1.95. The molecule has 31 heavy (non-hydrogen) atoms. The Balaban J connectivity index is 1.75. The summed E-state index contributed by atoms with van der Waals surface area (Å²) in [6.07, 6.45) is 12.1. The van der Waals surface area contributed by atoms with Gasteiger partial charge in [0.25, 0.3) is 0 Å². The maximum atomic E-state index is 13.0. The molecular weight excluding hydrogens is 499 g/mol. The van der Waals surface area contributed by atoms with E-state index < -0.39 is 11.9 Å². The molecule has 1 aliphatic rings. The summed E-state index contributed by atoms with van der Waals surface area (Å²) >= 11 is 2.25. The molecule has 3 rings (SSSR count). The minimum absolute atomic E-state index is 0.0867. The van der Waals surface area contributed by atoms with Gasteiger partial charge in [0.05, 0.1) is 5.92 Å². The summed E-state index contributed by atoms with van der Waals surface area (Å²) in [5.41, 5.74) is 4.76. The molecule has 1 atom stereocenters. The van der Waals surface area contributed by atoms with Crippen LogP contribution in [0.2, 0.25) is 0 Å². The van der Waals surface area contributed by atoms with E-state index >= 15 is 0 Å². The van der Waals surface area contributed by atoms with Crippen LogP contribution in [0.15, 0.2) is 60.2 Å². The monoisotopic (exact) mass is 528 g/mol. The Hall–Kier alpha value is -2.21. The first-order valence-electron chi connectivity index (χ1n) is 10.9. The van der Waals surface area contributed by atoms with Crippen molar-refractivity contribution in [2.45, 2.75) is 51.9 Å². The van der Waals surface area contributed by atoms with Crippen LogP contribution in [0, 0.1) is 16.4 Å². The lowest BCUT2D eigenvalue weighted by Gasteiger charge is -2.17. The lowest BCUT2D eigenvalue weighted by Crippen LogP contribution is -2.18. The third-order valence-corrected chi connectivity index (χ3v) is 6.56. The zero-order chi connectivity index (χ0) is 22.2. The molecule has 3 nitrogen and oxygen atoms in total. The second kappa shape index (κ2) is 11.4. The summed E-state index contributed by atoms with van der Waals surface area (Å²) in [5.74, 6) is -1.36. The fourth-order valence-corrected chi connectivity index (χ4v) is 4.36. The summed E-state index contributed by atoms with van der Waals surface area (Å²) in [7, 11) is 0. The molecule has 1 N–H and O–H groups in total. The minimum atomic E-state index is -0.787. The van der Waals surface area contributed by atoms with Crippen molar-refractivity contribution in [2.75, 3.05) is 0 Å². The van der Waals surface area contributed by atoms with Gasteiger partial charge in [-0.1, -0.05) is 47.6 Å². The largest absolute Gasteiger partial charge is 0.481 e. The van der Waals surface area contributed by atoms with Gasteiger partial charge in [0, 0.05) is 9.13 Å². The van der Waals surface area contributed by atoms with Gasteiger partial charge in [-0.05, 0) is 110 Å². The van der Waals surface area contributed by atoms with E-state index in [1.54, 1.807) is 6.08 Å². The number of aryl methyl sites for hydroxylation is 1. The third kappa shape index (κ3) is 7.17. The van der Waals surface area contributed by atoms with Gasteiger partial charge in [-0.3, -0.25) is 9.59 Å². The van der Waals surface area contributed by atoms with Crippen LogP contribution in [0.1, 0.15) is 65.6 Å². The number of rotatable bonds is 9. The zero-order valence-electron chi connectivity index (χ0n) is 17.9. The third-order valence-electron chi connectivity index (χ3n) is 5.84. The molecule has 0 amide bonds. The number of hydrogen-bond donors (Lipinski definition) is 1. The number of aliphatic carboxylic acids is 1. The number of allylic oxidation sites excluding steroid dienone is 3. The Bertz CT molecular complexity index is 986. The van der Waals surface area contributed by atoms with Crippen LogP contribution in [-0.2, 0) is 11.2 Å². The van der Waals surface area contributed by atoms with Crippen molar-refractivity contribution in [2.24, 2.45) is 5.92 Å². The number of carbonyl (C=O) groups excluding carboxylic acids is 1. The van der Waals surface area contributed by atoms with E-state index in [2.05, 4.69) is 28.7 Å². The first-order valence-corrected chi connectivity index (χ1v) is 12.0. The van der Waals surface area contributed by atoms with Gasteiger partial charge < -0.3 is 5.11 Å². The lowest BCUT2D eigenvalue weighted by atomic mass is 9.87. The molecule has 1 aliphatic carbocycles. The number of ketones is 1. The van der Waals surface area contributed by atoms with Gasteiger partial charge in [0.15, 0.2) is 5.78 Å². The van der Waals surface area contributed by atoms with Gasteiger partial charge in [0.2, 0.25) is 0 Å². The summed E-state index contributed by atoms with van der Waals surface area (Å²) in [6, 6.07) is 13.7. The number of carboxylic acid groups (broad SMARTS) is 1. The molecule has 0 bridgehead atoms. The molecule has 1 unspecified atom stereocenters. The average Bonchev–Trinajstić information content (AvgIpc) is 2.77. The van der Waals surface area contributed by atoms with Crippen molar-refractivity contribution >= 4 is 40.4 Å². The summed E-state index contributed by atoms with van der Waals surface area (Å²) < 4.78 is 1.14. The predicted octanol–water partition coefficient (Wildman–Crippen LogP) is 7.02. The Kier molecular flexibility index (Phi) is 8.64. The van der Waals surface area contributed by atoms with E-state index in [0.29, 0.717) is 18.4 Å². The van der Waals surface area contributed by atoms with E-state index in [-0.39, 0.29) is 5.78 Å². The maximum Gasteiger partial charge on any atom is 0.306 e. The highest BCUT2D eigenvalue weighted by molar-refractivity contribution is 14.1. The highest BCUT2D eigenvalue weighted by Crippen LogP contribution is 2.26. The predicted molar refractivity (Wildman–Crippen MR) is 134 cm³/mol. The van der Waals surface area contributed by atoms with Gasteiger partial charge in [-0.2, -0.15) is 0 Å². The summed E-state index contributed by atoms with van der Waals surface area (Å²) in [4.78, 5) is 24.9. The second-order valence-corrected chi connectivity index (χ2v) is 9.54. The Morgan fingerprint density at radius 1 is 1.13 bits per heavy atom. The van der Waals surface area contributed by atoms with E-state index in [1.165, 1.54) is 18.4 Å². The molecule has 162 valence electrons. The standard InChI is InChI=1S/C27H29IO3/c1-19-7-12-22(18-23(27(30)31)13-8-20-5-3-2-4-6-20)25(17-19)26(29)16-11-21-9-14-24(28)15-10-21/h5,7,9-12,14-17,23H,2-4,6,8,13,18H2,1H3,(H,30,31)/b16-11+. The number of carbonyl (C=O) groups is 2. The lowest BCUT2D eigenvalue weighted by molar-refractivity contribution is -0.141. The number of benzene rings is 2. The van der Waals surface area contributed by atoms with Crippen LogP contribution in [0.4, 0.5) is 0 Å². The highest BCUT2D eigenvalue weighted by atomic mass is 127. The molecule has 0 saturated heterocycles. The topological polar surface area (TPSA) is 54.4 Å². The molecule has 0 aliphatic heterocycles. The molecule has 0 radical (unpaired) electrons. The zero-order valence-corrected chi connectivity index (χ0v) is 20.1. The average molecular weight is 528 g/mol. The Morgan fingerprint density at radius 2 is 1.90 bits per heavy atom. The molecule has 2 aromatic rings. The second-order valence-electron chi connectivity index (χ2n) is 8.30. The Morgan fingerprint density at radius 3 is 2.58 bits per heavy atom. The number of hydrogen-bond acceptors (Lipinski definition) is 2. The first-order chi connectivity index (χ1) is 14.9. The van der Waals surface area contributed by atoms with E-state index in [9.17, 15) is 14.7 Å². The molecule has 0 fully saturated rings. The van der Waals surface area contributed by atoms with Crippen LogP contribution in [0.25, 0.3) is 6.08 Å². The van der Waals surface area contributed by atoms with Crippen LogP contribution >= 0.6 is 22.6 Å². The minimum Gasteiger partial charge on any atom is -0.481 e. The van der Waals surface area contributed by atoms with E-state index in [4.69, 9.17) is 0 Å². The normalized spacial score (nSPS) is 15.0. The fourth-order valence-electron chi connectivity index (χ4n) is 4.00. The van der Waals surface area contributed by atoms with Gasteiger partial charge in [0.1, 0.15) is 0 Å². The summed E-state index contributed by atoms with van der Waals surface area (Å²) in [5, 5.41) is 9.80. The molecule has 2 aromatic carbocycles. The molecule has 0 heterocycles. The highest BCUT2D eigenvalue weighted by Gasteiger charge is 2.21. The van der Waals surface area contributed by atoms with Crippen LogP contribution in [-0.4, -0.2) is 16.9 Å². The molecule has 0 spiro atoms. The van der Waals surface area contributed by atoms with E-state index in [1.807, 2.05) is 55.5 Å². The van der Waals surface area contributed by atoms with Crippen molar-refractivity contribution in [3.8, 4) is 0 Å². The van der Waals surface area contributed by atoms with E-state index in [0.717, 1.165) is 39.5 Å². The molecule has 4 heteroatoms. The molecular formula is C27H29IO3. The number of halogens is 1. The quantitative estimate of drug-likeness (QED) is 0.165. The SMILES string of the molecule is Cc1ccc(CC(CCC2=CCCCC2)C(=O)O)c(C(=O)/C=C/c2ccc(I)cc2)c1.